The molecule has 0 atom stereocenters. The van der Waals surface area contributed by atoms with Crippen LogP contribution in [-0.2, 0) is 4.79 Å². The lowest BCUT2D eigenvalue weighted by Gasteiger charge is -2.22. The SMILES string of the molecule is CCCCC(=O)Nc1cc(N(CC)CC)ccc1/N=N/c1c(C#N)cnn1-c1ccccc1. The van der Waals surface area contributed by atoms with Gasteiger partial charge in [0.15, 0.2) is 5.82 Å². The molecule has 1 aromatic heterocycles. The van der Waals surface area contributed by atoms with Crippen molar-refractivity contribution in [3.05, 3.63) is 60.3 Å². The summed E-state index contributed by atoms with van der Waals surface area (Å²) >= 11 is 0. The van der Waals surface area contributed by atoms with Gasteiger partial charge in [-0.2, -0.15) is 10.4 Å². The van der Waals surface area contributed by atoms with Crippen LogP contribution in [0.2, 0.25) is 0 Å². The number of unbranched alkanes of at least 4 members (excludes halogenated alkanes) is 1. The number of rotatable bonds is 10. The lowest BCUT2D eigenvalue weighted by atomic mass is 10.2. The van der Waals surface area contributed by atoms with Crippen LogP contribution >= 0.6 is 0 Å². The Kier molecular flexibility index (Phi) is 8.30. The van der Waals surface area contributed by atoms with Crippen LogP contribution < -0.4 is 10.2 Å². The molecule has 33 heavy (non-hydrogen) atoms. The number of amides is 1. The Bertz CT molecular complexity index is 1140. The summed E-state index contributed by atoms with van der Waals surface area (Å²) in [4.78, 5) is 14.7. The van der Waals surface area contributed by atoms with Crippen molar-refractivity contribution in [2.24, 2.45) is 10.2 Å². The summed E-state index contributed by atoms with van der Waals surface area (Å²) in [6.07, 6.45) is 3.68. The van der Waals surface area contributed by atoms with Gasteiger partial charge in [0.2, 0.25) is 5.91 Å². The van der Waals surface area contributed by atoms with Crippen molar-refractivity contribution in [1.29, 1.82) is 5.26 Å². The van der Waals surface area contributed by atoms with Crippen LogP contribution in [0.4, 0.5) is 22.9 Å². The molecule has 8 heteroatoms. The molecule has 3 aromatic rings. The molecule has 8 nitrogen and oxygen atoms in total. The van der Waals surface area contributed by atoms with E-state index in [1.165, 1.54) is 6.20 Å². The molecule has 0 aliphatic rings. The van der Waals surface area contributed by atoms with Crippen LogP contribution in [0, 0.1) is 11.3 Å². The summed E-state index contributed by atoms with van der Waals surface area (Å²) in [6.45, 7) is 7.93. The van der Waals surface area contributed by atoms with Gasteiger partial charge in [-0.1, -0.05) is 31.5 Å². The molecule has 0 bridgehead atoms. The molecule has 2 aromatic carbocycles. The number of nitrogens with one attached hydrogen (secondary N) is 1. The summed E-state index contributed by atoms with van der Waals surface area (Å²) in [5, 5.41) is 25.6. The number of carbonyl (C=O) groups excluding carboxylic acids is 1. The number of aromatic nitrogens is 2. The minimum Gasteiger partial charge on any atom is -0.372 e. The predicted octanol–water partition coefficient (Wildman–Crippen LogP) is 6.13. The molecule has 0 spiro atoms. The van der Waals surface area contributed by atoms with Crippen molar-refractivity contribution in [1.82, 2.24) is 9.78 Å². The highest BCUT2D eigenvalue weighted by atomic mass is 16.1. The molecule has 3 rings (SSSR count). The van der Waals surface area contributed by atoms with E-state index in [0.29, 0.717) is 29.2 Å². The Hall–Kier alpha value is -3.99. The number of hydrogen-bond acceptors (Lipinski definition) is 6. The molecule has 0 unspecified atom stereocenters. The minimum absolute atomic E-state index is 0.0583. The first-order chi connectivity index (χ1) is 16.1. The Labute approximate surface area is 194 Å². The van der Waals surface area contributed by atoms with Crippen molar-refractivity contribution >= 4 is 28.8 Å². The van der Waals surface area contributed by atoms with Crippen molar-refractivity contribution in [3.63, 3.8) is 0 Å². The van der Waals surface area contributed by atoms with Gasteiger partial charge in [0.05, 0.1) is 17.6 Å². The van der Waals surface area contributed by atoms with Gasteiger partial charge in [-0.25, -0.2) is 4.68 Å². The van der Waals surface area contributed by atoms with Crippen LogP contribution in [0.1, 0.15) is 45.6 Å². The second kappa shape index (κ2) is 11.6. The van der Waals surface area contributed by atoms with Crippen LogP contribution in [0.5, 0.6) is 0 Å². The zero-order chi connectivity index (χ0) is 23.6. The number of anilines is 2. The van der Waals surface area contributed by atoms with Gasteiger partial charge in [0, 0.05) is 25.2 Å². The average molecular weight is 444 g/mol. The maximum Gasteiger partial charge on any atom is 0.224 e. The van der Waals surface area contributed by atoms with Crippen LogP contribution in [0.3, 0.4) is 0 Å². The van der Waals surface area contributed by atoms with E-state index in [-0.39, 0.29) is 5.91 Å². The lowest BCUT2D eigenvalue weighted by molar-refractivity contribution is -0.116. The molecule has 1 amide bonds. The molecule has 0 fully saturated rings. The van der Waals surface area contributed by atoms with E-state index in [0.717, 1.165) is 37.3 Å². The van der Waals surface area contributed by atoms with Gasteiger partial charge >= 0.3 is 0 Å². The van der Waals surface area contributed by atoms with E-state index in [2.05, 4.69) is 52.4 Å². The van der Waals surface area contributed by atoms with Gasteiger partial charge in [-0.05, 0) is 50.6 Å². The van der Waals surface area contributed by atoms with Gasteiger partial charge in [-0.15, -0.1) is 10.2 Å². The Morgan fingerprint density at radius 3 is 2.55 bits per heavy atom. The molecular formula is C25H29N7O. The zero-order valence-electron chi connectivity index (χ0n) is 19.3. The zero-order valence-corrected chi connectivity index (χ0v) is 19.3. The van der Waals surface area contributed by atoms with E-state index in [1.807, 2.05) is 48.5 Å². The Morgan fingerprint density at radius 2 is 1.88 bits per heavy atom. The van der Waals surface area contributed by atoms with Gasteiger partial charge in [0.1, 0.15) is 17.3 Å². The van der Waals surface area contributed by atoms with Gasteiger partial charge < -0.3 is 10.2 Å². The number of para-hydroxylation sites is 1. The Morgan fingerprint density at radius 1 is 1.12 bits per heavy atom. The summed E-state index contributed by atoms with van der Waals surface area (Å²) in [5.74, 6) is 0.275. The quantitative estimate of drug-likeness (QED) is 0.381. The highest BCUT2D eigenvalue weighted by Gasteiger charge is 2.14. The maximum absolute atomic E-state index is 12.5. The van der Waals surface area contributed by atoms with Crippen LogP contribution in [0.25, 0.3) is 5.69 Å². The summed E-state index contributed by atoms with van der Waals surface area (Å²) < 4.78 is 1.58. The van der Waals surface area contributed by atoms with E-state index in [9.17, 15) is 10.1 Å². The summed E-state index contributed by atoms with van der Waals surface area (Å²) in [6, 6.07) is 17.3. The first-order valence-electron chi connectivity index (χ1n) is 11.2. The molecule has 1 heterocycles. The monoisotopic (exact) mass is 443 g/mol. The van der Waals surface area contributed by atoms with Crippen molar-refractivity contribution in [3.8, 4) is 11.8 Å². The molecule has 1 N–H and O–H groups in total. The average Bonchev–Trinajstić information content (AvgIpc) is 3.26. The number of nitrogens with zero attached hydrogens (tertiary/aromatic N) is 6. The van der Waals surface area contributed by atoms with E-state index in [1.54, 1.807) is 4.68 Å². The maximum atomic E-state index is 12.5. The first-order valence-corrected chi connectivity index (χ1v) is 11.2. The molecule has 0 aliphatic carbocycles. The van der Waals surface area contributed by atoms with Gasteiger partial charge in [0.25, 0.3) is 0 Å². The number of nitriles is 1. The third kappa shape index (κ3) is 5.83. The van der Waals surface area contributed by atoms with E-state index < -0.39 is 0 Å². The smallest absolute Gasteiger partial charge is 0.224 e. The van der Waals surface area contributed by atoms with Crippen molar-refractivity contribution in [2.45, 2.75) is 40.0 Å². The fraction of sp³-hybridized carbons (Fsp3) is 0.320. The standard InChI is InChI=1S/C25H29N7O/c1-4-7-13-24(33)28-23-16-21(31(5-2)6-3)14-15-22(23)29-30-25-19(17-26)18-27-32(25)20-11-9-8-10-12-20/h8-12,14-16,18H,4-7,13H2,1-3H3,(H,28,33)/b30-29+. The second-order valence-corrected chi connectivity index (χ2v) is 7.47. The first kappa shape index (κ1) is 23.7. The fourth-order valence-corrected chi connectivity index (χ4v) is 3.42. The number of benzene rings is 2. The number of carbonyl (C=O) groups is 1. The van der Waals surface area contributed by atoms with E-state index in [4.69, 9.17) is 0 Å². The summed E-state index contributed by atoms with van der Waals surface area (Å²) in [7, 11) is 0. The number of azo groups is 1. The molecule has 0 saturated carbocycles. The predicted molar refractivity (Wildman–Crippen MR) is 131 cm³/mol. The normalized spacial score (nSPS) is 10.8. The van der Waals surface area contributed by atoms with Gasteiger partial charge in [-0.3, -0.25) is 4.79 Å². The van der Waals surface area contributed by atoms with E-state index >= 15 is 0 Å². The lowest BCUT2D eigenvalue weighted by Crippen LogP contribution is -2.22. The number of hydrogen-bond donors (Lipinski definition) is 1. The second-order valence-electron chi connectivity index (χ2n) is 7.47. The largest absolute Gasteiger partial charge is 0.372 e. The molecular weight excluding hydrogens is 414 g/mol. The highest BCUT2D eigenvalue weighted by molar-refractivity contribution is 5.94. The third-order valence-corrected chi connectivity index (χ3v) is 5.26. The fourth-order valence-electron chi connectivity index (χ4n) is 3.42. The minimum atomic E-state index is -0.0583. The molecule has 0 aliphatic heterocycles. The molecule has 170 valence electrons. The molecule has 0 saturated heterocycles. The van der Waals surface area contributed by atoms with Crippen LogP contribution in [-0.4, -0.2) is 28.8 Å². The third-order valence-electron chi connectivity index (χ3n) is 5.26. The Balaban J connectivity index is 2.00. The topological polar surface area (TPSA) is 98.7 Å². The van der Waals surface area contributed by atoms with Crippen LogP contribution in [0.15, 0.2) is 65.0 Å². The molecule has 0 radical (unpaired) electrons. The highest BCUT2D eigenvalue weighted by Crippen LogP contribution is 2.33. The summed E-state index contributed by atoms with van der Waals surface area (Å²) in [5.41, 5.74) is 3.19. The van der Waals surface area contributed by atoms with Crippen molar-refractivity contribution < 1.29 is 4.79 Å². The van der Waals surface area contributed by atoms with Crippen molar-refractivity contribution in [2.75, 3.05) is 23.3 Å².